The summed E-state index contributed by atoms with van der Waals surface area (Å²) in [6.07, 6.45) is 1.18. The fourth-order valence-electron chi connectivity index (χ4n) is 3.87. The van der Waals surface area contributed by atoms with E-state index in [9.17, 15) is 22.4 Å². The van der Waals surface area contributed by atoms with Crippen LogP contribution in [0, 0.1) is 11.7 Å². The number of halogens is 1. The molecule has 8 heteroatoms. The first kappa shape index (κ1) is 22.7. The minimum absolute atomic E-state index is 0.00413. The van der Waals surface area contributed by atoms with E-state index >= 15 is 0 Å². The first-order valence-corrected chi connectivity index (χ1v) is 12.1. The molecule has 1 saturated heterocycles. The van der Waals surface area contributed by atoms with Crippen LogP contribution in [-0.2, 0) is 10.0 Å². The third kappa shape index (κ3) is 5.28. The molecule has 6 nitrogen and oxygen atoms in total. The molecule has 3 aromatic carbocycles. The van der Waals surface area contributed by atoms with Crippen molar-refractivity contribution < 1.29 is 22.4 Å². The molecule has 1 heterocycles. The van der Waals surface area contributed by atoms with Gasteiger partial charge >= 0.3 is 0 Å². The monoisotopic (exact) mass is 466 g/mol. The Morgan fingerprint density at radius 3 is 2.03 bits per heavy atom. The summed E-state index contributed by atoms with van der Waals surface area (Å²) in [7, 11) is -3.87. The van der Waals surface area contributed by atoms with E-state index in [2.05, 4.69) is 4.72 Å². The number of rotatable bonds is 6. The van der Waals surface area contributed by atoms with E-state index in [-0.39, 0.29) is 28.2 Å². The summed E-state index contributed by atoms with van der Waals surface area (Å²) in [5.74, 6) is -0.669. The minimum atomic E-state index is -3.87. The number of nitrogens with one attached hydrogen (secondary N) is 1. The van der Waals surface area contributed by atoms with Crippen LogP contribution in [0.2, 0.25) is 0 Å². The van der Waals surface area contributed by atoms with Crippen LogP contribution in [-0.4, -0.2) is 38.1 Å². The first-order valence-electron chi connectivity index (χ1n) is 10.6. The number of benzene rings is 3. The van der Waals surface area contributed by atoms with Crippen LogP contribution >= 0.6 is 0 Å². The Labute approximate surface area is 192 Å². The van der Waals surface area contributed by atoms with Crippen LogP contribution < -0.4 is 4.72 Å². The highest BCUT2D eigenvalue weighted by Gasteiger charge is 2.28. The lowest BCUT2D eigenvalue weighted by Gasteiger charge is -2.31. The number of carbonyl (C=O) groups is 2. The van der Waals surface area contributed by atoms with Gasteiger partial charge in [0.25, 0.3) is 15.9 Å². The molecule has 0 aromatic heterocycles. The fraction of sp³-hybridized carbons (Fsp3) is 0.200. The molecular formula is C25H23FN2O4S. The predicted molar refractivity (Wildman–Crippen MR) is 123 cm³/mol. The molecule has 3 aromatic rings. The Morgan fingerprint density at radius 2 is 1.42 bits per heavy atom. The Hall–Kier alpha value is -3.52. The molecule has 0 aliphatic carbocycles. The van der Waals surface area contributed by atoms with Crippen LogP contribution in [0.5, 0.6) is 0 Å². The van der Waals surface area contributed by atoms with E-state index in [4.69, 9.17) is 0 Å². The number of ketones is 1. The van der Waals surface area contributed by atoms with Gasteiger partial charge in [0.1, 0.15) is 5.82 Å². The smallest absolute Gasteiger partial charge is 0.261 e. The van der Waals surface area contributed by atoms with Gasteiger partial charge in [0.15, 0.2) is 5.78 Å². The number of likely N-dealkylation sites (tertiary alicyclic amines) is 1. The van der Waals surface area contributed by atoms with Crippen LogP contribution in [0.3, 0.4) is 0 Å². The standard InChI is InChI=1S/C25H23FN2O4S/c26-21-8-10-22(11-9-21)27-33(31,32)23-12-6-20(7-13-23)25(30)28-16-14-19(15-17-28)24(29)18-4-2-1-3-5-18/h1-13,19,27H,14-17H2. The molecule has 1 aliphatic heterocycles. The van der Waals surface area contributed by atoms with Crippen molar-refractivity contribution in [1.82, 2.24) is 4.90 Å². The zero-order valence-electron chi connectivity index (χ0n) is 17.8. The average Bonchev–Trinajstić information content (AvgIpc) is 2.85. The quantitative estimate of drug-likeness (QED) is 0.547. The fourth-order valence-corrected chi connectivity index (χ4v) is 4.93. The van der Waals surface area contributed by atoms with Crippen LogP contribution in [0.25, 0.3) is 0 Å². The Kier molecular flexibility index (Phi) is 6.55. The number of anilines is 1. The Balaban J connectivity index is 1.37. The third-order valence-electron chi connectivity index (χ3n) is 5.72. The second-order valence-electron chi connectivity index (χ2n) is 7.93. The van der Waals surface area contributed by atoms with Crippen molar-refractivity contribution in [3.8, 4) is 0 Å². The van der Waals surface area contributed by atoms with Gasteiger partial charge in [-0.2, -0.15) is 0 Å². The topological polar surface area (TPSA) is 83.6 Å². The minimum Gasteiger partial charge on any atom is -0.339 e. The molecule has 0 spiro atoms. The summed E-state index contributed by atoms with van der Waals surface area (Å²) in [5.41, 5.74) is 1.31. The van der Waals surface area contributed by atoms with Gasteiger partial charge in [-0.05, 0) is 61.4 Å². The number of nitrogens with zero attached hydrogens (tertiary/aromatic N) is 1. The molecule has 4 rings (SSSR count). The van der Waals surface area contributed by atoms with E-state index in [0.29, 0.717) is 37.1 Å². The van der Waals surface area contributed by atoms with Gasteiger partial charge in [0.05, 0.1) is 4.90 Å². The number of carbonyl (C=O) groups excluding carboxylic acids is 2. The summed E-state index contributed by atoms with van der Waals surface area (Å²) in [6, 6.07) is 19.8. The molecule has 0 atom stereocenters. The second-order valence-corrected chi connectivity index (χ2v) is 9.62. The van der Waals surface area contributed by atoms with E-state index in [1.54, 1.807) is 17.0 Å². The van der Waals surface area contributed by atoms with E-state index < -0.39 is 15.8 Å². The largest absolute Gasteiger partial charge is 0.339 e. The van der Waals surface area contributed by atoms with E-state index in [1.807, 2.05) is 18.2 Å². The van der Waals surface area contributed by atoms with Crippen molar-refractivity contribution in [1.29, 1.82) is 0 Å². The van der Waals surface area contributed by atoms with Crippen molar-refractivity contribution in [3.63, 3.8) is 0 Å². The second kappa shape index (κ2) is 9.54. The summed E-state index contributed by atoms with van der Waals surface area (Å²) < 4.78 is 40.5. The van der Waals surface area contributed by atoms with Gasteiger partial charge in [-0.15, -0.1) is 0 Å². The molecule has 0 radical (unpaired) electrons. The zero-order chi connectivity index (χ0) is 23.4. The number of piperidine rings is 1. The molecule has 0 bridgehead atoms. The van der Waals surface area contributed by atoms with Gasteiger partial charge in [-0.3, -0.25) is 14.3 Å². The van der Waals surface area contributed by atoms with Gasteiger partial charge in [-0.25, -0.2) is 12.8 Å². The number of amides is 1. The van der Waals surface area contributed by atoms with Crippen LogP contribution in [0.15, 0.2) is 83.8 Å². The number of hydrogen-bond acceptors (Lipinski definition) is 4. The van der Waals surface area contributed by atoms with Gasteiger partial charge in [-0.1, -0.05) is 30.3 Å². The summed E-state index contributed by atoms with van der Waals surface area (Å²) in [4.78, 5) is 27.2. The molecule has 170 valence electrons. The van der Waals surface area contributed by atoms with Crippen molar-refractivity contribution in [2.45, 2.75) is 17.7 Å². The molecule has 0 unspecified atom stereocenters. The lowest BCUT2D eigenvalue weighted by Crippen LogP contribution is -2.40. The lowest BCUT2D eigenvalue weighted by atomic mass is 9.88. The van der Waals surface area contributed by atoms with Gasteiger partial charge in [0, 0.05) is 35.8 Å². The zero-order valence-corrected chi connectivity index (χ0v) is 18.6. The molecule has 1 amide bonds. The van der Waals surface area contributed by atoms with Crippen molar-refractivity contribution in [2.24, 2.45) is 5.92 Å². The lowest BCUT2D eigenvalue weighted by molar-refractivity contribution is 0.0650. The van der Waals surface area contributed by atoms with Gasteiger partial charge in [0.2, 0.25) is 0 Å². The summed E-state index contributed by atoms with van der Waals surface area (Å²) in [5, 5.41) is 0. The highest BCUT2D eigenvalue weighted by molar-refractivity contribution is 7.92. The molecule has 1 aliphatic rings. The number of hydrogen-bond donors (Lipinski definition) is 1. The van der Waals surface area contributed by atoms with Crippen molar-refractivity contribution >= 4 is 27.4 Å². The maximum absolute atomic E-state index is 13.0. The normalized spacial score (nSPS) is 14.6. The third-order valence-corrected chi connectivity index (χ3v) is 7.12. The highest BCUT2D eigenvalue weighted by Crippen LogP contribution is 2.24. The Morgan fingerprint density at radius 1 is 0.818 bits per heavy atom. The molecule has 0 saturated carbocycles. The van der Waals surface area contributed by atoms with Crippen molar-refractivity contribution in [3.05, 3.63) is 95.8 Å². The van der Waals surface area contributed by atoms with Crippen LogP contribution in [0.4, 0.5) is 10.1 Å². The maximum Gasteiger partial charge on any atom is 0.261 e. The first-order chi connectivity index (χ1) is 15.8. The molecule has 33 heavy (non-hydrogen) atoms. The van der Waals surface area contributed by atoms with Gasteiger partial charge < -0.3 is 4.90 Å². The number of sulfonamides is 1. The number of Topliss-reactive ketones (excluding diaryl/α,β-unsaturated/α-hetero) is 1. The van der Waals surface area contributed by atoms with E-state index in [0.717, 1.165) is 12.1 Å². The highest BCUT2D eigenvalue weighted by atomic mass is 32.2. The van der Waals surface area contributed by atoms with Crippen LogP contribution in [0.1, 0.15) is 33.6 Å². The Bertz CT molecular complexity index is 1240. The SMILES string of the molecule is O=C(c1ccccc1)C1CCN(C(=O)c2ccc(S(=O)(=O)Nc3ccc(F)cc3)cc2)CC1. The average molecular weight is 467 g/mol. The molecule has 1 fully saturated rings. The molecular weight excluding hydrogens is 443 g/mol. The predicted octanol–water partition coefficient (Wildman–Crippen LogP) is 4.36. The summed E-state index contributed by atoms with van der Waals surface area (Å²) >= 11 is 0. The maximum atomic E-state index is 13.0. The van der Waals surface area contributed by atoms with Crippen molar-refractivity contribution in [2.75, 3.05) is 17.8 Å². The molecule has 1 N–H and O–H groups in total. The van der Waals surface area contributed by atoms with E-state index in [1.165, 1.54) is 36.4 Å². The summed E-state index contributed by atoms with van der Waals surface area (Å²) in [6.45, 7) is 0.933.